The molecule has 5 rings (SSSR count). The molecule has 0 aliphatic carbocycles. The van der Waals surface area contributed by atoms with Crippen LogP contribution in [0.1, 0.15) is 20.8 Å². The number of ether oxygens (including phenoxy) is 2. The summed E-state index contributed by atoms with van der Waals surface area (Å²) in [4.78, 5) is 49.4. The maximum atomic E-state index is 13.5. The van der Waals surface area contributed by atoms with Crippen LogP contribution < -0.4 is 9.64 Å². The van der Waals surface area contributed by atoms with E-state index in [1.165, 1.54) is 4.90 Å². The molecule has 0 spiro atoms. The standard InChI is InChI=1S/C26H27N5O5/c1-5-35-21(32)15-29-24(33)22-23(28(4)26(29)34)27-25-30(16(2)17(3)31(22)25)18-11-13-20(14-12-18)36-19-9-7-6-8-10-19/h6-14,22-23H,5,15H2,1-4H3. The average Bonchev–Trinajstić information content (AvgIpc) is 3.37. The number of hydrogen-bond donors (Lipinski definition) is 0. The molecular formula is C26H27N5O5. The first kappa shape index (κ1) is 23.4. The van der Waals surface area contributed by atoms with Gasteiger partial charge in [0.1, 0.15) is 18.0 Å². The first-order chi connectivity index (χ1) is 17.3. The molecule has 0 N–H and O–H groups in total. The number of nitrogens with zero attached hydrogens (tertiary/aromatic N) is 5. The van der Waals surface area contributed by atoms with Crippen molar-refractivity contribution < 1.29 is 23.9 Å². The second-order valence-electron chi connectivity index (χ2n) is 8.70. The minimum Gasteiger partial charge on any atom is -0.465 e. The lowest BCUT2D eigenvalue weighted by Gasteiger charge is -2.40. The second-order valence-corrected chi connectivity index (χ2v) is 8.70. The van der Waals surface area contributed by atoms with Crippen LogP contribution in [-0.2, 0) is 14.3 Å². The van der Waals surface area contributed by atoms with Gasteiger partial charge in [0.15, 0.2) is 12.2 Å². The number of amides is 3. The third-order valence-electron chi connectivity index (χ3n) is 6.56. The highest BCUT2D eigenvalue weighted by molar-refractivity contribution is 6.11. The topological polar surface area (TPSA) is 95.0 Å². The Kier molecular flexibility index (Phi) is 5.87. The van der Waals surface area contributed by atoms with Gasteiger partial charge in [0.2, 0.25) is 5.96 Å². The van der Waals surface area contributed by atoms with Crippen molar-refractivity contribution in [3.63, 3.8) is 0 Å². The molecule has 1 fully saturated rings. The predicted octanol–water partition coefficient (Wildman–Crippen LogP) is 3.37. The Bertz CT molecular complexity index is 1270. The Morgan fingerprint density at radius 1 is 0.972 bits per heavy atom. The number of para-hydroxylation sites is 1. The highest BCUT2D eigenvalue weighted by Gasteiger charge is 2.56. The number of aliphatic imine (C=N–C) groups is 1. The Morgan fingerprint density at radius 3 is 2.31 bits per heavy atom. The molecule has 0 radical (unpaired) electrons. The summed E-state index contributed by atoms with van der Waals surface area (Å²) >= 11 is 0. The van der Waals surface area contributed by atoms with Crippen LogP contribution in [0.15, 0.2) is 71.0 Å². The third kappa shape index (κ3) is 3.74. The fourth-order valence-corrected chi connectivity index (χ4v) is 4.69. The summed E-state index contributed by atoms with van der Waals surface area (Å²) in [5, 5.41) is 0. The van der Waals surface area contributed by atoms with Crippen LogP contribution >= 0.6 is 0 Å². The molecule has 3 amide bonds. The van der Waals surface area contributed by atoms with E-state index < -0.39 is 36.7 Å². The van der Waals surface area contributed by atoms with Gasteiger partial charge >= 0.3 is 12.0 Å². The molecule has 0 saturated carbocycles. The van der Waals surface area contributed by atoms with E-state index in [0.29, 0.717) is 11.7 Å². The lowest BCUT2D eigenvalue weighted by atomic mass is 10.1. The van der Waals surface area contributed by atoms with Crippen LogP contribution in [0.25, 0.3) is 0 Å². The third-order valence-corrected chi connectivity index (χ3v) is 6.56. The minimum absolute atomic E-state index is 0.168. The Hall–Kier alpha value is -4.34. The first-order valence-corrected chi connectivity index (χ1v) is 11.7. The number of imide groups is 1. The number of likely N-dealkylation sites (N-methyl/N-ethyl adjacent to an activating group) is 1. The molecule has 186 valence electrons. The highest BCUT2D eigenvalue weighted by Crippen LogP contribution is 2.40. The fraction of sp³-hybridized carbons (Fsp3) is 0.308. The molecule has 0 bridgehead atoms. The predicted molar refractivity (Wildman–Crippen MR) is 132 cm³/mol. The number of guanidine groups is 1. The summed E-state index contributed by atoms with van der Waals surface area (Å²) in [5.41, 5.74) is 2.60. The van der Waals surface area contributed by atoms with E-state index in [1.807, 2.05) is 78.2 Å². The van der Waals surface area contributed by atoms with Gasteiger partial charge in [-0.1, -0.05) is 18.2 Å². The van der Waals surface area contributed by atoms with Crippen LogP contribution in [0.4, 0.5) is 10.5 Å². The van der Waals surface area contributed by atoms with Crippen molar-refractivity contribution in [2.45, 2.75) is 33.0 Å². The van der Waals surface area contributed by atoms with Crippen LogP contribution in [0.3, 0.4) is 0 Å². The fourth-order valence-electron chi connectivity index (χ4n) is 4.69. The van der Waals surface area contributed by atoms with Gasteiger partial charge in [0, 0.05) is 24.1 Å². The minimum atomic E-state index is -0.766. The summed E-state index contributed by atoms with van der Waals surface area (Å²) < 4.78 is 10.9. The Balaban J connectivity index is 1.42. The van der Waals surface area contributed by atoms with E-state index in [-0.39, 0.29) is 6.61 Å². The van der Waals surface area contributed by atoms with E-state index >= 15 is 0 Å². The van der Waals surface area contributed by atoms with E-state index in [2.05, 4.69) is 0 Å². The van der Waals surface area contributed by atoms with Gasteiger partial charge in [-0.2, -0.15) is 0 Å². The van der Waals surface area contributed by atoms with Crippen molar-refractivity contribution in [2.75, 3.05) is 25.1 Å². The van der Waals surface area contributed by atoms with Gasteiger partial charge < -0.3 is 14.4 Å². The van der Waals surface area contributed by atoms with Gasteiger partial charge in [-0.15, -0.1) is 0 Å². The summed E-state index contributed by atoms with van der Waals surface area (Å²) in [5.74, 6) is 0.886. The van der Waals surface area contributed by atoms with Crippen molar-refractivity contribution >= 4 is 29.6 Å². The van der Waals surface area contributed by atoms with Crippen LogP contribution in [0, 0.1) is 0 Å². The molecule has 36 heavy (non-hydrogen) atoms. The summed E-state index contributed by atoms with van der Waals surface area (Å²) in [7, 11) is 1.59. The van der Waals surface area contributed by atoms with Crippen molar-refractivity contribution in [3.05, 3.63) is 66.0 Å². The number of carbonyl (C=O) groups is 3. The SMILES string of the molecule is CCOC(=O)CN1C(=O)C2C(N=C3N(c4ccc(Oc5ccccc5)cc4)C(C)=C(C)N32)N(C)C1=O. The number of rotatable bonds is 6. The maximum Gasteiger partial charge on any atom is 0.328 e. The molecule has 1 saturated heterocycles. The van der Waals surface area contributed by atoms with Gasteiger partial charge in [0.05, 0.1) is 6.61 Å². The molecule has 10 heteroatoms. The number of benzene rings is 2. The number of carbonyl (C=O) groups excluding carboxylic acids is 3. The average molecular weight is 490 g/mol. The lowest BCUT2D eigenvalue weighted by Crippen LogP contribution is -2.65. The van der Waals surface area contributed by atoms with Crippen molar-refractivity contribution in [1.29, 1.82) is 0 Å². The highest BCUT2D eigenvalue weighted by atomic mass is 16.5. The van der Waals surface area contributed by atoms with Crippen LogP contribution in [-0.4, -0.2) is 71.0 Å². The number of urea groups is 1. The lowest BCUT2D eigenvalue weighted by molar-refractivity contribution is -0.150. The Morgan fingerprint density at radius 2 is 1.64 bits per heavy atom. The zero-order valence-corrected chi connectivity index (χ0v) is 20.5. The smallest absolute Gasteiger partial charge is 0.328 e. The molecule has 3 aliphatic heterocycles. The quantitative estimate of drug-likeness (QED) is 0.574. The van der Waals surface area contributed by atoms with Gasteiger partial charge in [-0.05, 0) is 57.2 Å². The van der Waals surface area contributed by atoms with Crippen molar-refractivity contribution in [1.82, 2.24) is 14.7 Å². The van der Waals surface area contributed by atoms with E-state index in [1.54, 1.807) is 14.0 Å². The summed E-state index contributed by atoms with van der Waals surface area (Å²) in [6.07, 6.45) is -0.704. The molecule has 2 aromatic rings. The van der Waals surface area contributed by atoms with Gasteiger partial charge in [-0.3, -0.25) is 24.3 Å². The van der Waals surface area contributed by atoms with Gasteiger partial charge in [0.25, 0.3) is 5.91 Å². The van der Waals surface area contributed by atoms with E-state index in [4.69, 9.17) is 14.5 Å². The number of hydrogen-bond acceptors (Lipinski definition) is 8. The monoisotopic (exact) mass is 489 g/mol. The molecule has 2 atom stereocenters. The molecule has 10 nitrogen and oxygen atoms in total. The molecule has 0 aromatic heterocycles. The molecule has 2 unspecified atom stereocenters. The van der Waals surface area contributed by atoms with Crippen LogP contribution in [0.5, 0.6) is 11.5 Å². The summed E-state index contributed by atoms with van der Waals surface area (Å²) in [6, 6.07) is 15.8. The molecule has 2 aromatic carbocycles. The zero-order chi connectivity index (χ0) is 25.6. The first-order valence-electron chi connectivity index (χ1n) is 11.7. The number of fused-ring (bicyclic) bond motifs is 3. The number of allylic oxidation sites excluding steroid dienone is 2. The molecular weight excluding hydrogens is 462 g/mol. The maximum absolute atomic E-state index is 13.5. The Labute approximate surface area is 209 Å². The van der Waals surface area contributed by atoms with Crippen LogP contribution in [0.2, 0.25) is 0 Å². The van der Waals surface area contributed by atoms with Gasteiger partial charge in [-0.25, -0.2) is 9.79 Å². The number of esters is 1. The molecule has 3 heterocycles. The normalized spacial score (nSPS) is 21.1. The molecule has 3 aliphatic rings. The van der Waals surface area contributed by atoms with E-state index in [0.717, 1.165) is 27.7 Å². The second kappa shape index (κ2) is 9.03. The summed E-state index contributed by atoms with van der Waals surface area (Å²) in [6.45, 7) is 5.28. The number of anilines is 1. The van der Waals surface area contributed by atoms with Crippen molar-refractivity contribution in [2.24, 2.45) is 4.99 Å². The van der Waals surface area contributed by atoms with E-state index in [9.17, 15) is 14.4 Å². The van der Waals surface area contributed by atoms with Crippen molar-refractivity contribution in [3.8, 4) is 11.5 Å². The largest absolute Gasteiger partial charge is 0.465 e. The zero-order valence-electron chi connectivity index (χ0n) is 20.5.